The molecule has 4 unspecified atom stereocenters. The van der Waals surface area contributed by atoms with Gasteiger partial charge in [0.15, 0.2) is 0 Å². The third kappa shape index (κ3) is 1.63. The van der Waals surface area contributed by atoms with Gasteiger partial charge in [-0.3, -0.25) is 0 Å². The molecule has 14 heavy (non-hydrogen) atoms. The summed E-state index contributed by atoms with van der Waals surface area (Å²) in [6, 6.07) is 0. The zero-order chi connectivity index (χ0) is 10.1. The van der Waals surface area contributed by atoms with Crippen molar-refractivity contribution in [2.75, 3.05) is 13.1 Å². The van der Waals surface area contributed by atoms with Crippen molar-refractivity contribution in [2.24, 2.45) is 29.6 Å². The summed E-state index contributed by atoms with van der Waals surface area (Å²) in [7, 11) is 0. The molecule has 2 aliphatic carbocycles. The predicted molar refractivity (Wildman–Crippen MR) is 61.1 cm³/mol. The van der Waals surface area contributed by atoms with E-state index in [2.05, 4.69) is 38.2 Å². The van der Waals surface area contributed by atoms with Crippen molar-refractivity contribution < 1.29 is 0 Å². The van der Waals surface area contributed by atoms with Gasteiger partial charge in [-0.2, -0.15) is 0 Å². The van der Waals surface area contributed by atoms with Crippen LogP contribution < -0.4 is 5.32 Å². The van der Waals surface area contributed by atoms with Crippen LogP contribution in [0.4, 0.5) is 0 Å². The lowest BCUT2D eigenvalue weighted by atomic mass is 9.61. The number of hydrogen-bond acceptors (Lipinski definition) is 1. The van der Waals surface area contributed by atoms with Crippen LogP contribution in [0.3, 0.4) is 0 Å². The van der Waals surface area contributed by atoms with Gasteiger partial charge in [0.2, 0.25) is 0 Å². The van der Waals surface area contributed by atoms with Crippen LogP contribution in [0.25, 0.3) is 0 Å². The highest BCUT2D eigenvalue weighted by Crippen LogP contribution is 2.52. The molecular formula is C13H23N. The number of rotatable bonds is 4. The van der Waals surface area contributed by atoms with Crippen molar-refractivity contribution in [2.45, 2.75) is 27.2 Å². The summed E-state index contributed by atoms with van der Waals surface area (Å²) in [5.74, 6) is 4.52. The molecule has 0 radical (unpaired) electrons. The molecule has 0 bridgehead atoms. The van der Waals surface area contributed by atoms with E-state index in [1.807, 2.05) is 0 Å². The molecule has 2 rings (SSSR count). The molecule has 80 valence electrons. The van der Waals surface area contributed by atoms with Gasteiger partial charge in [-0.1, -0.05) is 32.9 Å². The number of fused-ring (bicyclic) bond motifs is 1. The van der Waals surface area contributed by atoms with Gasteiger partial charge in [0.25, 0.3) is 0 Å². The van der Waals surface area contributed by atoms with E-state index in [1.165, 1.54) is 13.0 Å². The van der Waals surface area contributed by atoms with Crippen molar-refractivity contribution in [3.63, 3.8) is 0 Å². The average Bonchev–Trinajstić information content (AvgIpc) is 2.44. The molecular weight excluding hydrogens is 170 g/mol. The monoisotopic (exact) mass is 193 g/mol. The van der Waals surface area contributed by atoms with Crippen molar-refractivity contribution in [1.82, 2.24) is 5.32 Å². The van der Waals surface area contributed by atoms with E-state index in [4.69, 9.17) is 0 Å². The number of allylic oxidation sites excluding steroid dienone is 2. The summed E-state index contributed by atoms with van der Waals surface area (Å²) in [6.07, 6.45) is 6.38. The van der Waals surface area contributed by atoms with E-state index in [-0.39, 0.29) is 0 Å². The quantitative estimate of drug-likeness (QED) is 0.677. The van der Waals surface area contributed by atoms with Crippen LogP contribution in [0.2, 0.25) is 0 Å². The van der Waals surface area contributed by atoms with E-state index in [0.717, 1.165) is 36.1 Å². The maximum atomic E-state index is 3.49. The third-order valence-electron chi connectivity index (χ3n) is 4.06. The van der Waals surface area contributed by atoms with Crippen LogP contribution in [0, 0.1) is 29.6 Å². The van der Waals surface area contributed by atoms with Crippen molar-refractivity contribution in [3.05, 3.63) is 12.2 Å². The number of hydrogen-bond donors (Lipinski definition) is 1. The SMILES string of the molecule is CCNCC1CC2C=CC(C(C)C)C21. The molecule has 0 spiro atoms. The Morgan fingerprint density at radius 3 is 2.79 bits per heavy atom. The van der Waals surface area contributed by atoms with Gasteiger partial charge in [-0.25, -0.2) is 0 Å². The molecule has 4 atom stereocenters. The first-order chi connectivity index (χ1) is 6.74. The predicted octanol–water partition coefficient (Wildman–Crippen LogP) is 2.69. The highest BCUT2D eigenvalue weighted by Gasteiger charge is 2.46. The van der Waals surface area contributed by atoms with Gasteiger partial charge in [-0.05, 0) is 49.1 Å². The summed E-state index contributed by atoms with van der Waals surface area (Å²) in [5.41, 5.74) is 0. The fraction of sp³-hybridized carbons (Fsp3) is 0.846. The van der Waals surface area contributed by atoms with Crippen molar-refractivity contribution in [1.29, 1.82) is 0 Å². The van der Waals surface area contributed by atoms with Gasteiger partial charge in [-0.15, -0.1) is 0 Å². The van der Waals surface area contributed by atoms with Crippen molar-refractivity contribution >= 4 is 0 Å². The Labute approximate surface area is 88.0 Å². The Morgan fingerprint density at radius 2 is 2.14 bits per heavy atom. The zero-order valence-electron chi connectivity index (χ0n) is 9.66. The van der Waals surface area contributed by atoms with Crippen LogP contribution in [0.5, 0.6) is 0 Å². The first-order valence-electron chi connectivity index (χ1n) is 6.13. The Balaban J connectivity index is 1.89. The first-order valence-corrected chi connectivity index (χ1v) is 6.13. The van der Waals surface area contributed by atoms with E-state index in [9.17, 15) is 0 Å². The third-order valence-corrected chi connectivity index (χ3v) is 4.06. The fourth-order valence-electron chi connectivity index (χ4n) is 3.24. The lowest BCUT2D eigenvalue weighted by Crippen LogP contribution is -2.43. The van der Waals surface area contributed by atoms with Gasteiger partial charge in [0.05, 0.1) is 0 Å². The van der Waals surface area contributed by atoms with Crippen LogP contribution in [-0.4, -0.2) is 13.1 Å². The van der Waals surface area contributed by atoms with Gasteiger partial charge in [0.1, 0.15) is 0 Å². The lowest BCUT2D eigenvalue weighted by molar-refractivity contribution is 0.0660. The fourth-order valence-corrected chi connectivity index (χ4v) is 3.24. The van der Waals surface area contributed by atoms with Crippen LogP contribution >= 0.6 is 0 Å². The molecule has 0 saturated heterocycles. The van der Waals surface area contributed by atoms with E-state index in [0.29, 0.717) is 0 Å². The van der Waals surface area contributed by atoms with Gasteiger partial charge in [0, 0.05) is 0 Å². The standard InChI is InChI=1S/C13H23N/c1-4-14-8-11-7-10-5-6-12(9(2)3)13(10)11/h5-6,9-14H,4,7-8H2,1-3H3. The minimum absolute atomic E-state index is 0.825. The molecule has 0 aromatic heterocycles. The molecule has 0 amide bonds. The first kappa shape index (κ1) is 10.2. The van der Waals surface area contributed by atoms with Crippen LogP contribution in [0.1, 0.15) is 27.2 Å². The van der Waals surface area contributed by atoms with Crippen LogP contribution in [-0.2, 0) is 0 Å². The number of nitrogens with one attached hydrogen (secondary N) is 1. The minimum atomic E-state index is 0.825. The maximum absolute atomic E-state index is 3.49. The van der Waals surface area contributed by atoms with Crippen LogP contribution in [0.15, 0.2) is 12.2 Å². The van der Waals surface area contributed by atoms with E-state index < -0.39 is 0 Å². The van der Waals surface area contributed by atoms with Gasteiger partial charge >= 0.3 is 0 Å². The summed E-state index contributed by atoms with van der Waals surface area (Å²) in [4.78, 5) is 0. The molecule has 1 nitrogen and oxygen atoms in total. The second-order valence-electron chi connectivity index (χ2n) is 5.25. The summed E-state index contributed by atoms with van der Waals surface area (Å²) in [5, 5.41) is 3.49. The maximum Gasteiger partial charge on any atom is -0.00173 e. The Kier molecular flexibility index (Phi) is 2.96. The average molecular weight is 193 g/mol. The van der Waals surface area contributed by atoms with E-state index in [1.54, 1.807) is 0 Å². The second kappa shape index (κ2) is 4.06. The summed E-state index contributed by atoms with van der Waals surface area (Å²) in [6.45, 7) is 9.28. The smallest absolute Gasteiger partial charge is 0.00173 e. The molecule has 0 heterocycles. The Bertz CT molecular complexity index is 219. The Hall–Kier alpha value is -0.300. The van der Waals surface area contributed by atoms with Gasteiger partial charge < -0.3 is 5.32 Å². The topological polar surface area (TPSA) is 12.0 Å². The zero-order valence-corrected chi connectivity index (χ0v) is 9.66. The highest BCUT2D eigenvalue weighted by atomic mass is 14.9. The molecule has 2 aliphatic rings. The molecule has 0 aromatic carbocycles. The van der Waals surface area contributed by atoms with E-state index >= 15 is 0 Å². The molecule has 1 fully saturated rings. The minimum Gasteiger partial charge on any atom is -0.317 e. The molecule has 0 aliphatic heterocycles. The molecule has 1 heteroatoms. The second-order valence-corrected chi connectivity index (χ2v) is 5.25. The lowest BCUT2D eigenvalue weighted by Gasteiger charge is -2.45. The normalized spacial score (nSPS) is 40.0. The Morgan fingerprint density at radius 1 is 1.36 bits per heavy atom. The largest absolute Gasteiger partial charge is 0.317 e. The molecule has 1 saturated carbocycles. The molecule has 1 N–H and O–H groups in total. The highest BCUT2D eigenvalue weighted by molar-refractivity contribution is 5.15. The summed E-state index contributed by atoms with van der Waals surface area (Å²) >= 11 is 0. The molecule has 0 aromatic rings. The summed E-state index contributed by atoms with van der Waals surface area (Å²) < 4.78 is 0. The van der Waals surface area contributed by atoms with Crippen molar-refractivity contribution in [3.8, 4) is 0 Å².